The molecule has 0 aliphatic carbocycles. The molecule has 0 aromatic heterocycles. The number of non-ortho nitro benzene ring substituents is 1. The van der Waals surface area contributed by atoms with E-state index in [1.54, 1.807) is 0 Å². The quantitative estimate of drug-likeness (QED) is 0.177. The molecule has 1 aliphatic rings. The zero-order chi connectivity index (χ0) is 22.8. The summed E-state index contributed by atoms with van der Waals surface area (Å²) in [6.07, 6.45) is -0.00363. The Bertz CT molecular complexity index is 914. The summed E-state index contributed by atoms with van der Waals surface area (Å²) >= 11 is 1.10. The molecule has 0 spiro atoms. The summed E-state index contributed by atoms with van der Waals surface area (Å²) in [5.41, 5.74) is 17.9. The van der Waals surface area contributed by atoms with Crippen molar-refractivity contribution in [3.8, 4) is 0 Å². The van der Waals surface area contributed by atoms with Crippen LogP contribution in [0.25, 0.3) is 20.9 Å². The van der Waals surface area contributed by atoms with Gasteiger partial charge in [-0.2, -0.15) is 0 Å². The summed E-state index contributed by atoms with van der Waals surface area (Å²) < 4.78 is 5.36. The largest absolute Gasteiger partial charge is 0.445 e. The number of nitro groups is 1. The topological polar surface area (TPSA) is 187 Å². The van der Waals surface area contributed by atoms with E-state index >= 15 is 0 Å². The van der Waals surface area contributed by atoms with Crippen LogP contribution >= 0.6 is 11.8 Å². The van der Waals surface area contributed by atoms with E-state index in [1.807, 2.05) is 0 Å². The van der Waals surface area contributed by atoms with E-state index in [0.717, 1.165) is 11.8 Å². The number of likely N-dealkylation sites (tertiary alicyclic amines) is 1. The number of benzene rings is 1. The van der Waals surface area contributed by atoms with E-state index in [-0.39, 0.29) is 42.2 Å². The first kappa shape index (κ1) is 23.8. The van der Waals surface area contributed by atoms with E-state index in [1.165, 1.54) is 36.1 Å². The standard InChI is InChI=1S/C17H20N8O5S/c1-11(26)31-14-8-16(15(21-23-19)6-7-20-22-18)24(9-14)17(27)30-10-12-2-4-13(5-3-12)25(28)29/h2-5,14-16H,6-10H2,1H3/t14-,15?,16-/m0/s1. The predicted octanol–water partition coefficient (Wildman–Crippen LogP) is 4.33. The fourth-order valence-corrected chi connectivity index (χ4v) is 4.29. The molecule has 1 fully saturated rings. The van der Waals surface area contributed by atoms with Gasteiger partial charge in [0.2, 0.25) is 0 Å². The summed E-state index contributed by atoms with van der Waals surface area (Å²) in [5, 5.41) is 17.7. The van der Waals surface area contributed by atoms with Crippen molar-refractivity contribution in [1.29, 1.82) is 0 Å². The number of hydrogen-bond acceptors (Lipinski definition) is 8. The first-order chi connectivity index (χ1) is 14.8. The molecule has 0 saturated carbocycles. The molecule has 13 nitrogen and oxygen atoms in total. The van der Waals surface area contributed by atoms with Gasteiger partial charge in [-0.3, -0.25) is 14.9 Å². The molecule has 1 saturated heterocycles. The second-order valence-corrected chi connectivity index (χ2v) is 8.16. The molecule has 14 heteroatoms. The number of amides is 1. The zero-order valence-electron chi connectivity index (χ0n) is 16.6. The monoisotopic (exact) mass is 448 g/mol. The lowest BCUT2D eigenvalue weighted by atomic mass is 10.0. The van der Waals surface area contributed by atoms with E-state index in [4.69, 9.17) is 15.8 Å². The molecule has 1 unspecified atom stereocenters. The van der Waals surface area contributed by atoms with Crippen LogP contribution in [0.15, 0.2) is 34.5 Å². The molecule has 0 N–H and O–H groups in total. The summed E-state index contributed by atoms with van der Waals surface area (Å²) in [6, 6.07) is 4.43. The van der Waals surface area contributed by atoms with Crippen molar-refractivity contribution >= 4 is 28.7 Å². The molecular weight excluding hydrogens is 428 g/mol. The maximum atomic E-state index is 12.8. The fraction of sp³-hybridized carbons (Fsp3) is 0.529. The maximum Gasteiger partial charge on any atom is 0.410 e. The molecule has 1 amide bonds. The Balaban J connectivity index is 2.12. The van der Waals surface area contributed by atoms with Crippen molar-refractivity contribution in [2.45, 2.75) is 43.7 Å². The Labute approximate surface area is 181 Å². The van der Waals surface area contributed by atoms with E-state index in [9.17, 15) is 19.7 Å². The van der Waals surface area contributed by atoms with Gasteiger partial charge in [0.05, 0.1) is 11.0 Å². The number of thioether (sulfide) groups is 1. The highest BCUT2D eigenvalue weighted by Gasteiger charge is 2.40. The zero-order valence-corrected chi connectivity index (χ0v) is 17.4. The van der Waals surface area contributed by atoms with Crippen LogP contribution in [0.4, 0.5) is 10.5 Å². The Morgan fingerprint density at radius 1 is 1.35 bits per heavy atom. The third-order valence-corrected chi connectivity index (χ3v) is 5.62. The number of rotatable bonds is 9. The Hall–Kier alpha value is -3.47. The minimum absolute atomic E-state index is 0.0731. The van der Waals surface area contributed by atoms with Gasteiger partial charge in [-0.25, -0.2) is 4.79 Å². The number of azide groups is 2. The minimum Gasteiger partial charge on any atom is -0.445 e. The van der Waals surface area contributed by atoms with Crippen LogP contribution in [0.3, 0.4) is 0 Å². The summed E-state index contributed by atoms with van der Waals surface area (Å²) in [5.74, 6) is 0. The summed E-state index contributed by atoms with van der Waals surface area (Å²) in [6.45, 7) is 1.65. The molecule has 1 aromatic rings. The Kier molecular flexibility index (Phi) is 8.94. The van der Waals surface area contributed by atoms with Crippen molar-refractivity contribution in [3.63, 3.8) is 0 Å². The molecule has 3 atom stereocenters. The van der Waals surface area contributed by atoms with Crippen molar-refractivity contribution in [3.05, 3.63) is 60.8 Å². The Morgan fingerprint density at radius 2 is 2.06 bits per heavy atom. The molecule has 0 radical (unpaired) electrons. The van der Waals surface area contributed by atoms with Crippen LogP contribution in [-0.4, -0.2) is 51.5 Å². The van der Waals surface area contributed by atoms with Crippen LogP contribution in [-0.2, 0) is 16.1 Å². The van der Waals surface area contributed by atoms with Gasteiger partial charge in [-0.15, -0.1) is 0 Å². The van der Waals surface area contributed by atoms with Gasteiger partial charge < -0.3 is 9.64 Å². The molecule has 31 heavy (non-hydrogen) atoms. The average molecular weight is 448 g/mol. The van der Waals surface area contributed by atoms with Crippen molar-refractivity contribution in [1.82, 2.24) is 4.90 Å². The van der Waals surface area contributed by atoms with Crippen molar-refractivity contribution in [2.75, 3.05) is 13.1 Å². The normalized spacial score (nSPS) is 18.4. The summed E-state index contributed by atoms with van der Waals surface area (Å²) in [7, 11) is 0. The number of carbonyl (C=O) groups excluding carboxylic acids is 2. The van der Waals surface area contributed by atoms with Crippen LogP contribution in [0.5, 0.6) is 0 Å². The van der Waals surface area contributed by atoms with Crippen LogP contribution in [0.1, 0.15) is 25.3 Å². The van der Waals surface area contributed by atoms with E-state index in [2.05, 4.69) is 20.1 Å². The van der Waals surface area contributed by atoms with E-state index in [0.29, 0.717) is 12.0 Å². The number of carbonyl (C=O) groups is 2. The number of nitro benzene ring substituents is 1. The Morgan fingerprint density at radius 3 is 2.65 bits per heavy atom. The number of ether oxygens (including phenoxy) is 1. The first-order valence-electron chi connectivity index (χ1n) is 9.24. The lowest BCUT2D eigenvalue weighted by Gasteiger charge is -2.28. The molecular formula is C17H20N8O5S. The molecule has 0 bridgehead atoms. The highest BCUT2D eigenvalue weighted by Crippen LogP contribution is 2.32. The predicted molar refractivity (Wildman–Crippen MR) is 112 cm³/mol. The number of hydrogen-bond donors (Lipinski definition) is 0. The van der Waals surface area contributed by atoms with Crippen molar-refractivity contribution in [2.24, 2.45) is 10.2 Å². The SMILES string of the molecule is CC(=O)S[C@H]1C[C@@H](C(CCN=[N+]=[N-])N=[N+]=[N-])N(C(=O)OCc2ccc([N+](=O)[O-])cc2)C1. The molecule has 2 rings (SSSR count). The van der Waals surface area contributed by atoms with Gasteiger partial charge in [-0.05, 0) is 41.6 Å². The highest BCUT2D eigenvalue weighted by atomic mass is 32.2. The molecule has 1 aliphatic heterocycles. The fourth-order valence-electron chi connectivity index (χ4n) is 3.29. The average Bonchev–Trinajstić information content (AvgIpc) is 3.14. The van der Waals surface area contributed by atoms with Gasteiger partial charge in [0.25, 0.3) is 5.69 Å². The van der Waals surface area contributed by atoms with Gasteiger partial charge in [0.1, 0.15) is 6.61 Å². The smallest absolute Gasteiger partial charge is 0.410 e. The van der Waals surface area contributed by atoms with Crippen LogP contribution in [0, 0.1) is 10.1 Å². The maximum absolute atomic E-state index is 12.8. The lowest BCUT2D eigenvalue weighted by molar-refractivity contribution is -0.384. The van der Waals surface area contributed by atoms with Gasteiger partial charge >= 0.3 is 6.09 Å². The first-order valence-corrected chi connectivity index (χ1v) is 10.1. The van der Waals surface area contributed by atoms with Gasteiger partial charge in [-0.1, -0.05) is 22.0 Å². The molecule has 1 aromatic carbocycles. The molecule has 164 valence electrons. The lowest BCUT2D eigenvalue weighted by Crippen LogP contribution is -2.42. The summed E-state index contributed by atoms with van der Waals surface area (Å²) in [4.78, 5) is 41.4. The van der Waals surface area contributed by atoms with Crippen molar-refractivity contribution < 1.29 is 19.2 Å². The van der Waals surface area contributed by atoms with Gasteiger partial charge in [0, 0.05) is 53.3 Å². The number of nitrogens with zero attached hydrogens (tertiary/aromatic N) is 8. The second-order valence-electron chi connectivity index (χ2n) is 6.68. The van der Waals surface area contributed by atoms with Crippen LogP contribution in [0.2, 0.25) is 0 Å². The third kappa shape index (κ3) is 7.07. The molecule has 1 heterocycles. The second kappa shape index (κ2) is 11.6. The van der Waals surface area contributed by atoms with Gasteiger partial charge in [0.15, 0.2) is 5.12 Å². The van der Waals surface area contributed by atoms with Crippen LogP contribution < -0.4 is 0 Å². The minimum atomic E-state index is -0.656. The third-order valence-electron chi connectivity index (χ3n) is 4.61. The highest BCUT2D eigenvalue weighted by molar-refractivity contribution is 8.14. The van der Waals surface area contributed by atoms with E-state index < -0.39 is 23.1 Å².